The molecule has 11 nitrogen and oxygen atoms in total. The molecule has 1 aliphatic carbocycles. The lowest BCUT2D eigenvalue weighted by atomic mass is 9.72. The van der Waals surface area contributed by atoms with Crippen LogP contribution < -0.4 is 14.7 Å². The van der Waals surface area contributed by atoms with E-state index >= 15 is 0 Å². The first kappa shape index (κ1) is 30.8. The van der Waals surface area contributed by atoms with Crippen molar-refractivity contribution in [2.75, 3.05) is 86.8 Å². The normalized spacial score (nSPS) is 23.8. The summed E-state index contributed by atoms with van der Waals surface area (Å²) in [5.41, 5.74) is 0.108. The fraction of sp³-hybridized carbons (Fsp3) is 0.758. The van der Waals surface area contributed by atoms with E-state index in [0.717, 1.165) is 69.9 Å². The van der Waals surface area contributed by atoms with Gasteiger partial charge in [0.2, 0.25) is 5.91 Å². The number of anilines is 3. The average molecular weight is 611 g/mol. The van der Waals surface area contributed by atoms with Gasteiger partial charge in [-0.25, -0.2) is 9.78 Å². The van der Waals surface area contributed by atoms with E-state index < -0.39 is 11.4 Å². The molecule has 1 saturated carbocycles. The fourth-order valence-corrected chi connectivity index (χ4v) is 7.83. The molecule has 11 heteroatoms. The number of nitrogens with zero attached hydrogens (tertiary/aromatic N) is 6. The highest BCUT2D eigenvalue weighted by Crippen LogP contribution is 2.41. The van der Waals surface area contributed by atoms with Crippen LogP contribution in [0, 0.1) is 5.41 Å². The van der Waals surface area contributed by atoms with Crippen LogP contribution in [-0.4, -0.2) is 111 Å². The third kappa shape index (κ3) is 6.29. The van der Waals surface area contributed by atoms with E-state index in [1.54, 1.807) is 16.7 Å². The highest BCUT2D eigenvalue weighted by Gasteiger charge is 2.51. The number of amides is 2. The molecular formula is C33H50N6O5. The molecule has 0 bridgehead atoms. The van der Waals surface area contributed by atoms with E-state index in [1.165, 1.54) is 31.4 Å². The molecular weight excluding hydrogens is 560 g/mol. The molecule has 0 radical (unpaired) electrons. The van der Waals surface area contributed by atoms with Gasteiger partial charge in [0.05, 0.1) is 18.3 Å². The van der Waals surface area contributed by atoms with E-state index in [1.807, 2.05) is 0 Å². The topological polar surface area (TPSA) is 98.8 Å². The van der Waals surface area contributed by atoms with Crippen molar-refractivity contribution in [3.8, 4) is 0 Å². The summed E-state index contributed by atoms with van der Waals surface area (Å²) in [4.78, 5) is 56.0. The van der Waals surface area contributed by atoms with Crippen LogP contribution in [0.2, 0.25) is 0 Å². The summed E-state index contributed by atoms with van der Waals surface area (Å²) in [6.07, 6.45) is 9.92. The summed E-state index contributed by atoms with van der Waals surface area (Å²) in [5, 5.41) is 0. The summed E-state index contributed by atoms with van der Waals surface area (Å²) < 4.78 is 11.2. The predicted molar refractivity (Wildman–Crippen MR) is 169 cm³/mol. The number of piperazine rings is 1. The minimum atomic E-state index is -1.09. The molecule has 1 aromatic heterocycles. The first-order valence-corrected chi connectivity index (χ1v) is 17.2. The van der Waals surface area contributed by atoms with Gasteiger partial charge in [-0.15, -0.1) is 0 Å². The fourth-order valence-electron chi connectivity index (χ4n) is 7.83. The van der Waals surface area contributed by atoms with Gasteiger partial charge in [-0.05, 0) is 70.4 Å². The van der Waals surface area contributed by atoms with Crippen LogP contribution in [0.5, 0.6) is 0 Å². The molecule has 1 unspecified atom stereocenters. The number of likely N-dealkylation sites (tertiary alicyclic amines) is 1. The first-order chi connectivity index (χ1) is 21.5. The number of aromatic nitrogens is 1. The Kier molecular flexibility index (Phi) is 9.66. The monoisotopic (exact) mass is 610 g/mol. The number of hydrogen-bond donors (Lipinski definition) is 0. The lowest BCUT2D eigenvalue weighted by Gasteiger charge is -2.39. The van der Waals surface area contributed by atoms with Crippen molar-refractivity contribution in [3.63, 3.8) is 0 Å². The third-order valence-corrected chi connectivity index (χ3v) is 10.4. The van der Waals surface area contributed by atoms with Crippen LogP contribution in [0.3, 0.4) is 0 Å². The van der Waals surface area contributed by atoms with Gasteiger partial charge in [-0.1, -0.05) is 19.3 Å². The molecule has 0 N–H and O–H groups in total. The summed E-state index contributed by atoms with van der Waals surface area (Å²) in [7, 11) is 0. The average Bonchev–Trinajstić information content (AvgIpc) is 3.87. The van der Waals surface area contributed by atoms with Crippen molar-refractivity contribution < 1.29 is 23.9 Å². The van der Waals surface area contributed by atoms with Crippen LogP contribution in [0.25, 0.3) is 0 Å². The standard InChI is InChI=1S/C33H50N6O5/c1-2-43-31(41)33(14-4-3-5-15-33)30(40)39-20-10-11-26(39)25-44-32(42)38-23-21-37(22-24-38)29-27(35-16-6-7-17-35)12-13-28(34-29)36-18-8-9-19-36/h12-13,26H,2-11,14-25H2,1H3. The maximum absolute atomic E-state index is 13.9. The van der Waals surface area contributed by atoms with Gasteiger partial charge in [0, 0.05) is 58.9 Å². The molecule has 6 rings (SSSR count). The SMILES string of the molecule is CCOC(=O)C1(C(=O)N2CCCC2COC(=O)N2CCN(c3nc(N4CCCC4)ccc3N3CCCC3)CC2)CCCCC1. The molecule has 4 saturated heterocycles. The molecule has 2 amide bonds. The third-order valence-electron chi connectivity index (χ3n) is 10.4. The van der Waals surface area contributed by atoms with Crippen molar-refractivity contribution in [1.29, 1.82) is 0 Å². The van der Waals surface area contributed by atoms with Crippen LogP contribution >= 0.6 is 0 Å². The van der Waals surface area contributed by atoms with Crippen molar-refractivity contribution in [2.45, 2.75) is 83.6 Å². The Bertz CT molecular complexity index is 1170. The molecule has 1 atom stereocenters. The quantitative estimate of drug-likeness (QED) is 0.319. The number of ether oxygens (including phenoxy) is 2. The Morgan fingerprint density at radius 1 is 0.773 bits per heavy atom. The molecule has 5 fully saturated rings. The maximum Gasteiger partial charge on any atom is 0.409 e. The molecule has 44 heavy (non-hydrogen) atoms. The van der Waals surface area contributed by atoms with Crippen LogP contribution in [0.1, 0.15) is 77.6 Å². The minimum Gasteiger partial charge on any atom is -0.465 e. The second kappa shape index (κ2) is 13.8. The lowest BCUT2D eigenvalue weighted by molar-refractivity contribution is -0.168. The second-order valence-corrected chi connectivity index (χ2v) is 13.1. The molecule has 0 spiro atoms. The largest absolute Gasteiger partial charge is 0.465 e. The zero-order valence-corrected chi connectivity index (χ0v) is 26.5. The van der Waals surface area contributed by atoms with Gasteiger partial charge >= 0.3 is 12.1 Å². The highest BCUT2D eigenvalue weighted by atomic mass is 16.6. The van der Waals surface area contributed by atoms with Crippen LogP contribution in [-0.2, 0) is 19.1 Å². The Morgan fingerprint density at radius 2 is 1.45 bits per heavy atom. The number of rotatable bonds is 8. The number of hydrogen-bond acceptors (Lipinski definition) is 9. The van der Waals surface area contributed by atoms with E-state index in [4.69, 9.17) is 14.5 Å². The summed E-state index contributed by atoms with van der Waals surface area (Å²) in [6, 6.07) is 4.22. The van der Waals surface area contributed by atoms with Gasteiger partial charge in [0.25, 0.3) is 0 Å². The van der Waals surface area contributed by atoms with Crippen molar-refractivity contribution in [2.24, 2.45) is 5.41 Å². The van der Waals surface area contributed by atoms with Crippen LogP contribution in [0.15, 0.2) is 12.1 Å². The van der Waals surface area contributed by atoms with E-state index in [2.05, 4.69) is 26.8 Å². The zero-order chi connectivity index (χ0) is 30.5. The number of esters is 1. The number of pyridine rings is 1. The summed E-state index contributed by atoms with van der Waals surface area (Å²) in [6.45, 7) is 9.55. The Balaban J connectivity index is 1.06. The van der Waals surface area contributed by atoms with Crippen molar-refractivity contribution in [3.05, 3.63) is 12.1 Å². The van der Waals surface area contributed by atoms with Gasteiger partial charge in [-0.2, -0.15) is 0 Å². The maximum atomic E-state index is 13.9. The summed E-state index contributed by atoms with van der Waals surface area (Å²) >= 11 is 0. The number of carbonyl (C=O) groups excluding carboxylic acids is 3. The second-order valence-electron chi connectivity index (χ2n) is 13.1. The molecule has 4 aliphatic heterocycles. The zero-order valence-electron chi connectivity index (χ0n) is 26.5. The van der Waals surface area contributed by atoms with E-state index in [0.29, 0.717) is 45.6 Å². The molecule has 5 heterocycles. The van der Waals surface area contributed by atoms with Gasteiger partial charge in [-0.3, -0.25) is 9.59 Å². The van der Waals surface area contributed by atoms with Crippen LogP contribution in [0.4, 0.5) is 22.1 Å². The lowest BCUT2D eigenvalue weighted by Crippen LogP contribution is -2.53. The number of carbonyl (C=O) groups is 3. The van der Waals surface area contributed by atoms with Crippen molar-refractivity contribution in [1.82, 2.24) is 14.8 Å². The van der Waals surface area contributed by atoms with Crippen molar-refractivity contribution >= 4 is 35.3 Å². The van der Waals surface area contributed by atoms with E-state index in [-0.39, 0.29) is 31.3 Å². The van der Waals surface area contributed by atoms with Gasteiger partial charge in [0.15, 0.2) is 5.82 Å². The first-order valence-electron chi connectivity index (χ1n) is 17.2. The van der Waals surface area contributed by atoms with Gasteiger partial charge in [0.1, 0.15) is 17.8 Å². The Hall–Kier alpha value is -3.24. The predicted octanol–water partition coefficient (Wildman–Crippen LogP) is 4.05. The Labute approximate surface area is 261 Å². The van der Waals surface area contributed by atoms with Gasteiger partial charge < -0.3 is 34.0 Å². The highest BCUT2D eigenvalue weighted by molar-refractivity contribution is 6.03. The Morgan fingerprint density at radius 3 is 2.14 bits per heavy atom. The molecule has 242 valence electrons. The molecule has 0 aromatic carbocycles. The summed E-state index contributed by atoms with van der Waals surface area (Å²) in [5.74, 6) is 1.55. The molecule has 1 aromatic rings. The minimum absolute atomic E-state index is 0.139. The smallest absolute Gasteiger partial charge is 0.409 e. The van der Waals surface area contributed by atoms with E-state index in [9.17, 15) is 14.4 Å². The molecule has 5 aliphatic rings.